The first-order valence-corrected chi connectivity index (χ1v) is 5.34. The van der Waals surface area contributed by atoms with Crippen LogP contribution in [0.25, 0.3) is 0 Å². The molecule has 0 radical (unpaired) electrons. The molecule has 0 saturated heterocycles. The van der Waals surface area contributed by atoms with E-state index < -0.39 is 6.10 Å². The summed E-state index contributed by atoms with van der Waals surface area (Å²) < 4.78 is 0.778. The van der Waals surface area contributed by atoms with Gasteiger partial charge in [-0.15, -0.1) is 0 Å². The number of pyridine rings is 1. The first-order chi connectivity index (χ1) is 6.24. The predicted octanol–water partition coefficient (Wildman–Crippen LogP) is 3.07. The maximum absolute atomic E-state index is 9.69. The van der Waals surface area contributed by atoms with E-state index in [-0.39, 0.29) is 0 Å². The van der Waals surface area contributed by atoms with Crippen LogP contribution in [0.1, 0.15) is 38.0 Å². The van der Waals surface area contributed by atoms with E-state index >= 15 is 0 Å². The van der Waals surface area contributed by atoms with Gasteiger partial charge in [-0.3, -0.25) is 0 Å². The van der Waals surface area contributed by atoms with Crippen LogP contribution in [0.5, 0.6) is 0 Å². The van der Waals surface area contributed by atoms with Gasteiger partial charge in [0.2, 0.25) is 0 Å². The SMILES string of the molecule is CCCCC(O)c1cccc(Br)n1. The molecule has 3 heteroatoms. The Kier molecular flexibility index (Phi) is 4.39. The zero-order chi connectivity index (χ0) is 9.68. The number of unbranched alkanes of at least 4 members (excludes halogenated alkanes) is 1. The molecule has 0 spiro atoms. The molecule has 0 aliphatic heterocycles. The second kappa shape index (κ2) is 5.35. The van der Waals surface area contributed by atoms with E-state index in [0.29, 0.717) is 0 Å². The highest BCUT2D eigenvalue weighted by molar-refractivity contribution is 9.10. The Hall–Kier alpha value is -0.410. The average molecular weight is 244 g/mol. The van der Waals surface area contributed by atoms with Crippen LogP contribution < -0.4 is 0 Å². The molecule has 1 heterocycles. The van der Waals surface area contributed by atoms with Crippen molar-refractivity contribution in [1.82, 2.24) is 4.98 Å². The van der Waals surface area contributed by atoms with E-state index in [9.17, 15) is 5.11 Å². The highest BCUT2D eigenvalue weighted by Crippen LogP contribution is 2.18. The molecule has 0 aromatic carbocycles. The second-order valence-corrected chi connectivity index (χ2v) is 3.86. The highest BCUT2D eigenvalue weighted by atomic mass is 79.9. The van der Waals surface area contributed by atoms with E-state index in [1.807, 2.05) is 18.2 Å². The van der Waals surface area contributed by atoms with Crippen LogP contribution in [0.4, 0.5) is 0 Å². The Bertz CT molecular complexity index is 265. The lowest BCUT2D eigenvalue weighted by Gasteiger charge is -2.08. The summed E-state index contributed by atoms with van der Waals surface area (Å²) in [7, 11) is 0. The van der Waals surface area contributed by atoms with Gasteiger partial charge in [-0.05, 0) is 34.5 Å². The number of aliphatic hydroxyl groups is 1. The highest BCUT2D eigenvalue weighted by Gasteiger charge is 2.07. The standard InChI is InChI=1S/C10H14BrNO/c1-2-3-6-9(13)8-5-4-7-10(11)12-8/h4-5,7,9,13H,2-3,6H2,1H3. The molecule has 1 aromatic heterocycles. The fourth-order valence-corrected chi connectivity index (χ4v) is 1.51. The molecule has 0 bridgehead atoms. The van der Waals surface area contributed by atoms with Gasteiger partial charge in [0.25, 0.3) is 0 Å². The first-order valence-electron chi connectivity index (χ1n) is 4.54. The lowest BCUT2D eigenvalue weighted by Crippen LogP contribution is -2.00. The van der Waals surface area contributed by atoms with Gasteiger partial charge in [-0.1, -0.05) is 25.8 Å². The van der Waals surface area contributed by atoms with Gasteiger partial charge in [0, 0.05) is 0 Å². The summed E-state index contributed by atoms with van der Waals surface area (Å²) in [6.45, 7) is 2.11. The summed E-state index contributed by atoms with van der Waals surface area (Å²) in [6, 6.07) is 5.60. The van der Waals surface area contributed by atoms with Gasteiger partial charge in [-0.2, -0.15) is 0 Å². The largest absolute Gasteiger partial charge is 0.387 e. The summed E-state index contributed by atoms with van der Waals surface area (Å²) >= 11 is 3.28. The number of hydrogen-bond acceptors (Lipinski definition) is 2. The number of halogens is 1. The minimum atomic E-state index is -0.419. The monoisotopic (exact) mass is 243 g/mol. The lowest BCUT2D eigenvalue weighted by molar-refractivity contribution is 0.159. The molecule has 1 rings (SSSR count). The molecule has 1 aromatic rings. The molecule has 1 N–H and O–H groups in total. The minimum absolute atomic E-state index is 0.419. The van der Waals surface area contributed by atoms with Gasteiger partial charge in [0.1, 0.15) is 4.60 Å². The van der Waals surface area contributed by atoms with Crippen LogP contribution in [0.3, 0.4) is 0 Å². The Morgan fingerprint density at radius 1 is 1.54 bits per heavy atom. The van der Waals surface area contributed by atoms with Gasteiger partial charge in [0.05, 0.1) is 11.8 Å². The molecule has 1 atom stereocenters. The maximum Gasteiger partial charge on any atom is 0.106 e. The lowest BCUT2D eigenvalue weighted by atomic mass is 10.1. The zero-order valence-corrected chi connectivity index (χ0v) is 9.29. The van der Waals surface area contributed by atoms with Crippen LogP contribution in [-0.2, 0) is 0 Å². The second-order valence-electron chi connectivity index (χ2n) is 3.04. The number of rotatable bonds is 4. The van der Waals surface area contributed by atoms with E-state index in [1.54, 1.807) is 0 Å². The average Bonchev–Trinajstić information content (AvgIpc) is 2.14. The molecule has 0 aliphatic rings. The van der Waals surface area contributed by atoms with E-state index in [1.165, 1.54) is 0 Å². The number of aliphatic hydroxyl groups excluding tert-OH is 1. The van der Waals surface area contributed by atoms with Crippen molar-refractivity contribution in [2.45, 2.75) is 32.3 Å². The Labute approximate surface area is 87.1 Å². The fraction of sp³-hybridized carbons (Fsp3) is 0.500. The normalized spacial score (nSPS) is 12.8. The van der Waals surface area contributed by atoms with Crippen molar-refractivity contribution in [1.29, 1.82) is 0 Å². The maximum atomic E-state index is 9.69. The molecular formula is C10H14BrNO. The van der Waals surface area contributed by atoms with Crippen LogP contribution in [0, 0.1) is 0 Å². The molecule has 2 nitrogen and oxygen atoms in total. The third-order valence-electron chi connectivity index (χ3n) is 1.91. The number of nitrogens with zero attached hydrogens (tertiary/aromatic N) is 1. The number of aromatic nitrogens is 1. The Balaban J connectivity index is 2.60. The topological polar surface area (TPSA) is 33.1 Å². The number of hydrogen-bond donors (Lipinski definition) is 1. The van der Waals surface area contributed by atoms with Gasteiger partial charge >= 0.3 is 0 Å². The van der Waals surface area contributed by atoms with Crippen molar-refractivity contribution in [2.75, 3.05) is 0 Å². The van der Waals surface area contributed by atoms with Crippen molar-refractivity contribution >= 4 is 15.9 Å². The van der Waals surface area contributed by atoms with Crippen molar-refractivity contribution in [3.05, 3.63) is 28.5 Å². The van der Waals surface area contributed by atoms with Crippen molar-refractivity contribution in [3.63, 3.8) is 0 Å². The molecular weight excluding hydrogens is 230 g/mol. The van der Waals surface area contributed by atoms with E-state index in [2.05, 4.69) is 27.8 Å². The molecule has 72 valence electrons. The first kappa shape index (κ1) is 10.7. The summed E-state index contributed by atoms with van der Waals surface area (Å²) in [6.07, 6.45) is 2.51. The molecule has 1 unspecified atom stereocenters. The van der Waals surface area contributed by atoms with Crippen LogP contribution in [0.2, 0.25) is 0 Å². The molecule has 0 amide bonds. The minimum Gasteiger partial charge on any atom is -0.387 e. The van der Waals surface area contributed by atoms with Crippen LogP contribution in [-0.4, -0.2) is 10.1 Å². The summed E-state index contributed by atoms with van der Waals surface area (Å²) in [5, 5.41) is 9.69. The van der Waals surface area contributed by atoms with Gasteiger partial charge < -0.3 is 5.11 Å². The van der Waals surface area contributed by atoms with E-state index in [0.717, 1.165) is 29.6 Å². The molecule has 0 saturated carbocycles. The zero-order valence-electron chi connectivity index (χ0n) is 7.70. The predicted molar refractivity (Wildman–Crippen MR) is 56.4 cm³/mol. The fourth-order valence-electron chi connectivity index (χ4n) is 1.15. The van der Waals surface area contributed by atoms with Crippen LogP contribution >= 0.6 is 15.9 Å². The quantitative estimate of drug-likeness (QED) is 0.825. The van der Waals surface area contributed by atoms with Crippen molar-refractivity contribution < 1.29 is 5.11 Å². The van der Waals surface area contributed by atoms with Gasteiger partial charge in [0.15, 0.2) is 0 Å². The third kappa shape index (κ3) is 3.44. The summed E-state index contributed by atoms with van der Waals surface area (Å²) in [4.78, 5) is 4.19. The Morgan fingerprint density at radius 3 is 2.92 bits per heavy atom. The molecule has 0 aliphatic carbocycles. The van der Waals surface area contributed by atoms with Crippen molar-refractivity contribution in [3.8, 4) is 0 Å². The van der Waals surface area contributed by atoms with Crippen LogP contribution in [0.15, 0.2) is 22.8 Å². The Morgan fingerprint density at radius 2 is 2.31 bits per heavy atom. The summed E-state index contributed by atoms with van der Waals surface area (Å²) in [5.41, 5.74) is 0.753. The molecule has 0 fully saturated rings. The summed E-state index contributed by atoms with van der Waals surface area (Å²) in [5.74, 6) is 0. The van der Waals surface area contributed by atoms with E-state index in [4.69, 9.17) is 0 Å². The van der Waals surface area contributed by atoms with Gasteiger partial charge in [-0.25, -0.2) is 4.98 Å². The smallest absolute Gasteiger partial charge is 0.106 e. The van der Waals surface area contributed by atoms with Crippen molar-refractivity contribution in [2.24, 2.45) is 0 Å². The molecule has 13 heavy (non-hydrogen) atoms. The third-order valence-corrected chi connectivity index (χ3v) is 2.35.